The number of nitrogens with two attached hydrogens (primary N) is 1. The number of rotatable bonds is 9. The van der Waals surface area contributed by atoms with Crippen molar-refractivity contribution in [2.45, 2.75) is 31.0 Å². The second-order valence-electron chi connectivity index (χ2n) is 8.38. The zero-order valence-corrected chi connectivity index (χ0v) is 19.2. The Labute approximate surface area is 197 Å². The smallest absolute Gasteiger partial charge is 0.472 e. The number of aliphatic hydroxyl groups is 2. The summed E-state index contributed by atoms with van der Waals surface area (Å²) in [6.45, 7) is -1.17. The van der Waals surface area contributed by atoms with Crippen molar-refractivity contribution < 1.29 is 52.9 Å². The van der Waals surface area contributed by atoms with Crippen LogP contribution in [0.25, 0.3) is 0 Å². The van der Waals surface area contributed by atoms with E-state index in [-0.39, 0.29) is 17.8 Å². The van der Waals surface area contributed by atoms with Crippen molar-refractivity contribution in [3.05, 3.63) is 34.4 Å². The molecule has 4 rings (SSSR count). The number of carboxylic acids is 1. The molecule has 16 heteroatoms. The van der Waals surface area contributed by atoms with Gasteiger partial charge in [0.2, 0.25) is 0 Å². The number of aliphatic carboxylic acids is 1. The number of allylic oxidation sites excluding steroid dienone is 1. The van der Waals surface area contributed by atoms with E-state index in [0.29, 0.717) is 0 Å². The van der Waals surface area contributed by atoms with Gasteiger partial charge >= 0.3 is 25.5 Å². The van der Waals surface area contributed by atoms with Gasteiger partial charge in [-0.3, -0.25) is 18.4 Å². The lowest BCUT2D eigenvalue weighted by molar-refractivity contribution is -0.149. The van der Waals surface area contributed by atoms with Gasteiger partial charge in [-0.25, -0.2) is 14.2 Å². The van der Waals surface area contributed by atoms with Crippen molar-refractivity contribution >= 4 is 25.6 Å². The number of aliphatic hydroxyl groups excluding tert-OH is 2. The van der Waals surface area contributed by atoms with Gasteiger partial charge in [0.25, 0.3) is 0 Å². The summed E-state index contributed by atoms with van der Waals surface area (Å²) in [6, 6.07) is 1.28. The molecule has 2 fully saturated rings. The van der Waals surface area contributed by atoms with Crippen molar-refractivity contribution in [3.8, 4) is 0 Å². The Hall–Kier alpha value is -2.65. The van der Waals surface area contributed by atoms with Crippen LogP contribution in [0.1, 0.15) is 12.6 Å². The molecule has 0 spiro atoms. The normalized spacial score (nSPS) is 35.1. The lowest BCUT2D eigenvalue weighted by Crippen LogP contribution is -2.36. The Morgan fingerprint density at radius 2 is 2.00 bits per heavy atom. The summed E-state index contributed by atoms with van der Waals surface area (Å²) in [5.74, 6) is -3.29. The zero-order chi connectivity index (χ0) is 25.7. The molecular formula is C19H24N3O12P. The maximum Gasteiger partial charge on any atom is 0.472 e. The van der Waals surface area contributed by atoms with Crippen molar-refractivity contribution in [2.75, 3.05) is 26.1 Å². The minimum absolute atomic E-state index is 0.0581. The molecule has 0 radical (unpaired) electrons. The molecular weight excluding hydrogens is 493 g/mol. The average Bonchev–Trinajstić information content (AvgIpc) is 3.09. The van der Waals surface area contributed by atoms with E-state index in [1.54, 1.807) is 0 Å². The first-order valence-corrected chi connectivity index (χ1v) is 11.9. The monoisotopic (exact) mass is 517 g/mol. The fourth-order valence-corrected chi connectivity index (χ4v) is 5.65. The highest BCUT2D eigenvalue weighted by molar-refractivity contribution is 7.47. The fourth-order valence-electron chi connectivity index (χ4n) is 4.89. The summed E-state index contributed by atoms with van der Waals surface area (Å²) >= 11 is 0. The second kappa shape index (κ2) is 9.09. The molecule has 0 aromatic carbocycles. The third-order valence-electron chi connectivity index (χ3n) is 6.60. The Morgan fingerprint density at radius 1 is 1.31 bits per heavy atom. The summed E-state index contributed by atoms with van der Waals surface area (Å²) in [4.78, 5) is 49.4. The SMILES string of the molecule is COC(=O)[C@@]12C(C(=O)O)=CC[C@@H]1[C@@H]2COP(=O)(O)OC[C@H]1O[C@@H](n2ccc(N)nc2=O)[C@H](O)[C@@H]1O. The standard InChI is InChI=1S/C19H24N3O12P/c1-31-17(27)19-8(2-3-9(19)16(25)26)10(19)6-32-35(29,30)33-7-11-13(23)14(24)15(34-11)22-5-4-12(20)21-18(22)28/h3-5,8,10-11,13-15,23-24H,2,6-7H2,1H3,(H,25,26)(H,29,30)(H2,20,21,28)/t8-,10+,11-,13-,14-,15-,19-/m1/s1. The minimum Gasteiger partial charge on any atom is -0.478 e. The highest BCUT2D eigenvalue weighted by Crippen LogP contribution is 2.70. The van der Waals surface area contributed by atoms with Crippen molar-refractivity contribution in [1.82, 2.24) is 9.55 Å². The Bertz CT molecular complexity index is 1170. The highest BCUT2D eigenvalue weighted by Gasteiger charge is 2.75. The molecule has 0 amide bonds. The Balaban J connectivity index is 1.36. The lowest BCUT2D eigenvalue weighted by atomic mass is 9.94. The topological polar surface area (TPSA) is 230 Å². The first kappa shape index (κ1) is 25.4. The van der Waals surface area contributed by atoms with Gasteiger partial charge in [0.05, 0.1) is 25.9 Å². The molecule has 0 bridgehead atoms. The van der Waals surface area contributed by atoms with Crippen molar-refractivity contribution in [2.24, 2.45) is 17.3 Å². The van der Waals surface area contributed by atoms with Gasteiger partial charge in [-0.05, 0) is 18.4 Å². The molecule has 15 nitrogen and oxygen atoms in total. The highest BCUT2D eigenvalue weighted by atomic mass is 31.2. The number of ether oxygens (including phenoxy) is 2. The van der Waals surface area contributed by atoms with Crippen LogP contribution in [0.15, 0.2) is 28.7 Å². The first-order valence-electron chi connectivity index (χ1n) is 10.4. The molecule has 1 unspecified atom stereocenters. The van der Waals surface area contributed by atoms with Crippen LogP contribution in [0.3, 0.4) is 0 Å². The van der Waals surface area contributed by atoms with E-state index in [2.05, 4.69) is 4.98 Å². The number of nitrogens with zero attached hydrogens (tertiary/aromatic N) is 2. The number of methoxy groups -OCH3 is 1. The molecule has 8 atom stereocenters. The van der Waals surface area contributed by atoms with E-state index < -0.39 is 80.5 Å². The number of hydrogen-bond donors (Lipinski definition) is 5. The van der Waals surface area contributed by atoms with Crippen LogP contribution in [0.4, 0.5) is 5.82 Å². The predicted molar refractivity (Wildman–Crippen MR) is 112 cm³/mol. The summed E-state index contributed by atoms with van der Waals surface area (Å²) in [5.41, 5.74) is 2.98. The third-order valence-corrected chi connectivity index (χ3v) is 7.55. The zero-order valence-electron chi connectivity index (χ0n) is 18.3. The van der Waals surface area contributed by atoms with Crippen molar-refractivity contribution in [3.63, 3.8) is 0 Å². The van der Waals surface area contributed by atoms with Crippen LogP contribution < -0.4 is 11.4 Å². The number of fused-ring (bicyclic) bond motifs is 1. The number of anilines is 1. The van der Waals surface area contributed by atoms with Crippen LogP contribution in [-0.4, -0.2) is 80.3 Å². The van der Waals surface area contributed by atoms with E-state index in [9.17, 15) is 39.2 Å². The molecule has 1 aliphatic heterocycles. The second-order valence-corrected chi connectivity index (χ2v) is 9.83. The van der Waals surface area contributed by atoms with Crippen LogP contribution in [0.2, 0.25) is 0 Å². The van der Waals surface area contributed by atoms with Crippen LogP contribution in [-0.2, 0) is 32.7 Å². The Kier molecular flexibility index (Phi) is 6.61. The maximum absolute atomic E-state index is 12.4. The largest absolute Gasteiger partial charge is 0.478 e. The van der Waals surface area contributed by atoms with E-state index in [1.807, 2.05) is 0 Å². The third kappa shape index (κ3) is 4.29. The van der Waals surface area contributed by atoms with E-state index in [0.717, 1.165) is 11.7 Å². The summed E-state index contributed by atoms with van der Waals surface area (Å²) in [6.07, 6.45) is -2.95. The maximum atomic E-state index is 12.4. The van der Waals surface area contributed by atoms with Gasteiger partial charge in [-0.2, -0.15) is 4.98 Å². The summed E-state index contributed by atoms with van der Waals surface area (Å²) < 4.78 is 33.3. The number of carbonyl (C=O) groups excluding carboxylic acids is 1. The summed E-state index contributed by atoms with van der Waals surface area (Å²) in [7, 11) is -3.64. The molecule has 2 heterocycles. The number of carbonyl (C=O) groups is 2. The number of nitrogen functional groups attached to an aromatic ring is 1. The average molecular weight is 517 g/mol. The number of phosphoric acid groups is 1. The number of carboxylic acid groups (broad SMARTS) is 1. The molecule has 3 aliphatic rings. The minimum atomic E-state index is -4.75. The van der Waals surface area contributed by atoms with Gasteiger partial charge < -0.3 is 35.4 Å². The lowest BCUT2D eigenvalue weighted by Gasteiger charge is -2.19. The van der Waals surface area contributed by atoms with E-state index >= 15 is 0 Å². The quantitative estimate of drug-likeness (QED) is 0.183. The first-order chi connectivity index (χ1) is 16.4. The molecule has 35 heavy (non-hydrogen) atoms. The van der Waals surface area contributed by atoms with Gasteiger partial charge in [0.15, 0.2) is 6.23 Å². The number of aromatic nitrogens is 2. The fraction of sp³-hybridized carbons (Fsp3) is 0.579. The van der Waals surface area contributed by atoms with Gasteiger partial charge in [-0.1, -0.05) is 6.08 Å². The van der Waals surface area contributed by atoms with Crippen LogP contribution >= 0.6 is 7.82 Å². The number of esters is 1. The van der Waals surface area contributed by atoms with Crippen LogP contribution in [0.5, 0.6) is 0 Å². The Morgan fingerprint density at radius 3 is 2.63 bits per heavy atom. The van der Waals surface area contributed by atoms with Gasteiger partial charge in [0.1, 0.15) is 29.5 Å². The van der Waals surface area contributed by atoms with Gasteiger partial charge in [-0.15, -0.1) is 0 Å². The molecule has 1 aromatic rings. The molecule has 1 aromatic heterocycles. The molecule has 2 aliphatic carbocycles. The molecule has 1 saturated carbocycles. The van der Waals surface area contributed by atoms with E-state index in [1.165, 1.54) is 18.3 Å². The predicted octanol–water partition coefficient (Wildman–Crippen LogP) is -1.60. The van der Waals surface area contributed by atoms with E-state index in [4.69, 9.17) is 24.3 Å². The summed E-state index contributed by atoms with van der Waals surface area (Å²) in [5, 5.41) is 29.9. The number of hydrogen-bond acceptors (Lipinski definition) is 12. The molecule has 6 N–H and O–H groups in total. The number of phosphoric ester groups is 1. The van der Waals surface area contributed by atoms with Crippen LogP contribution in [0, 0.1) is 17.3 Å². The molecule has 1 saturated heterocycles. The van der Waals surface area contributed by atoms with Gasteiger partial charge in [0, 0.05) is 12.1 Å². The van der Waals surface area contributed by atoms with Crippen molar-refractivity contribution in [1.29, 1.82) is 0 Å². The molecule has 192 valence electrons.